The molecule has 0 aromatic rings. The molecule has 0 bridgehead atoms. The molecule has 2 nitrogen and oxygen atoms in total. The van der Waals surface area contributed by atoms with Gasteiger partial charge in [0.25, 0.3) is 0 Å². The summed E-state index contributed by atoms with van der Waals surface area (Å²) in [7, 11) is 1.87. The third-order valence-corrected chi connectivity index (χ3v) is 2.00. The van der Waals surface area contributed by atoms with E-state index in [2.05, 4.69) is 6.92 Å². The van der Waals surface area contributed by atoms with Gasteiger partial charge in [0.2, 0.25) is 5.91 Å². The lowest BCUT2D eigenvalue weighted by Crippen LogP contribution is -2.18. The van der Waals surface area contributed by atoms with Gasteiger partial charge in [0.15, 0.2) is 0 Å². The zero-order valence-electron chi connectivity index (χ0n) is 6.05. The van der Waals surface area contributed by atoms with Crippen LogP contribution in [0.2, 0.25) is 0 Å². The lowest BCUT2D eigenvalue weighted by Gasteiger charge is -2.06. The van der Waals surface area contributed by atoms with Crippen molar-refractivity contribution < 1.29 is 4.79 Å². The molecule has 1 amide bonds. The molecule has 52 valence electrons. The summed E-state index contributed by atoms with van der Waals surface area (Å²) in [6.07, 6.45) is 1.91. The Balaban J connectivity index is 2.44. The number of carbonyl (C=O) groups is 1. The lowest BCUT2D eigenvalue weighted by atomic mass is 10.1. The number of likely N-dealkylation sites (tertiary alicyclic amines) is 1. The second-order valence-electron chi connectivity index (χ2n) is 2.75. The van der Waals surface area contributed by atoms with Crippen LogP contribution < -0.4 is 0 Å². The topological polar surface area (TPSA) is 20.3 Å². The standard InChI is InChI=1S/C7H13NO/c1-3-6-4-7(9)8(2)5-6/h6H,3-5H2,1-2H3/t6-/m0/s1. The minimum absolute atomic E-state index is 0.307. The largest absolute Gasteiger partial charge is 0.345 e. The van der Waals surface area contributed by atoms with Gasteiger partial charge in [0.05, 0.1) is 0 Å². The van der Waals surface area contributed by atoms with Crippen LogP contribution in [0.3, 0.4) is 0 Å². The number of carbonyl (C=O) groups excluding carboxylic acids is 1. The summed E-state index contributed by atoms with van der Waals surface area (Å²) in [4.78, 5) is 12.7. The van der Waals surface area contributed by atoms with Crippen molar-refractivity contribution in [3.63, 3.8) is 0 Å². The molecule has 0 radical (unpaired) electrons. The molecule has 0 N–H and O–H groups in total. The van der Waals surface area contributed by atoms with Crippen LogP contribution in [0, 0.1) is 5.92 Å². The number of nitrogens with zero attached hydrogens (tertiary/aromatic N) is 1. The summed E-state index contributed by atoms with van der Waals surface area (Å²) in [5.74, 6) is 0.935. The summed E-state index contributed by atoms with van der Waals surface area (Å²) in [5, 5.41) is 0. The Morgan fingerprint density at radius 1 is 1.78 bits per heavy atom. The molecule has 1 heterocycles. The van der Waals surface area contributed by atoms with Gasteiger partial charge in [-0.25, -0.2) is 0 Å². The van der Waals surface area contributed by atoms with Crippen molar-refractivity contribution in [3.05, 3.63) is 0 Å². The predicted molar refractivity (Wildman–Crippen MR) is 36.0 cm³/mol. The highest BCUT2D eigenvalue weighted by Gasteiger charge is 2.24. The highest BCUT2D eigenvalue weighted by Crippen LogP contribution is 2.17. The molecular weight excluding hydrogens is 114 g/mol. The molecule has 1 saturated heterocycles. The van der Waals surface area contributed by atoms with Crippen LogP contribution in [0.5, 0.6) is 0 Å². The maximum Gasteiger partial charge on any atom is 0.222 e. The van der Waals surface area contributed by atoms with Crippen molar-refractivity contribution in [2.45, 2.75) is 19.8 Å². The van der Waals surface area contributed by atoms with Crippen molar-refractivity contribution in [2.24, 2.45) is 5.92 Å². The minimum Gasteiger partial charge on any atom is -0.345 e. The fourth-order valence-corrected chi connectivity index (χ4v) is 1.23. The maximum atomic E-state index is 10.9. The van der Waals surface area contributed by atoms with E-state index in [9.17, 15) is 4.79 Å². The highest BCUT2D eigenvalue weighted by molar-refractivity contribution is 5.78. The van der Waals surface area contributed by atoms with Crippen LogP contribution in [0.4, 0.5) is 0 Å². The van der Waals surface area contributed by atoms with Gasteiger partial charge in [0.1, 0.15) is 0 Å². The Labute approximate surface area is 55.8 Å². The third-order valence-electron chi connectivity index (χ3n) is 2.00. The van der Waals surface area contributed by atoms with Crippen LogP contribution in [0.1, 0.15) is 19.8 Å². The van der Waals surface area contributed by atoms with E-state index in [4.69, 9.17) is 0 Å². The Kier molecular flexibility index (Phi) is 1.74. The van der Waals surface area contributed by atoms with Gasteiger partial charge in [0, 0.05) is 20.0 Å². The number of amides is 1. The average molecular weight is 127 g/mol. The summed E-state index contributed by atoms with van der Waals surface area (Å²) in [6, 6.07) is 0. The normalized spacial score (nSPS) is 27.6. The SMILES string of the molecule is CC[C@H]1CC(=O)N(C)C1. The van der Waals surface area contributed by atoms with Gasteiger partial charge < -0.3 is 4.90 Å². The molecule has 1 fully saturated rings. The van der Waals surface area contributed by atoms with E-state index in [0.717, 1.165) is 19.4 Å². The van der Waals surface area contributed by atoms with Crippen molar-refractivity contribution in [2.75, 3.05) is 13.6 Å². The molecule has 0 aliphatic carbocycles. The molecule has 0 unspecified atom stereocenters. The second kappa shape index (κ2) is 2.38. The summed E-state index contributed by atoms with van der Waals surface area (Å²) < 4.78 is 0. The summed E-state index contributed by atoms with van der Waals surface area (Å²) >= 11 is 0. The zero-order chi connectivity index (χ0) is 6.85. The maximum absolute atomic E-state index is 10.9. The van der Waals surface area contributed by atoms with Crippen molar-refractivity contribution >= 4 is 5.91 Å². The highest BCUT2D eigenvalue weighted by atomic mass is 16.2. The first-order chi connectivity index (χ1) is 4.24. The predicted octanol–water partition coefficient (Wildman–Crippen LogP) is 0.875. The van der Waals surface area contributed by atoms with Crippen LogP contribution in [-0.4, -0.2) is 24.4 Å². The quantitative estimate of drug-likeness (QED) is 0.512. The molecule has 1 atom stereocenters. The Morgan fingerprint density at radius 3 is 2.67 bits per heavy atom. The number of hydrogen-bond donors (Lipinski definition) is 0. The van der Waals surface area contributed by atoms with Gasteiger partial charge in [-0.1, -0.05) is 13.3 Å². The first-order valence-corrected chi connectivity index (χ1v) is 3.48. The second-order valence-corrected chi connectivity index (χ2v) is 2.75. The number of hydrogen-bond acceptors (Lipinski definition) is 1. The lowest BCUT2D eigenvalue weighted by molar-refractivity contribution is -0.126. The zero-order valence-corrected chi connectivity index (χ0v) is 6.05. The van der Waals surface area contributed by atoms with Gasteiger partial charge in [-0.2, -0.15) is 0 Å². The Bertz CT molecular complexity index is 122. The third kappa shape index (κ3) is 1.23. The van der Waals surface area contributed by atoms with Crippen molar-refractivity contribution in [1.82, 2.24) is 4.90 Å². The first-order valence-electron chi connectivity index (χ1n) is 3.48. The van der Waals surface area contributed by atoms with Crippen molar-refractivity contribution in [1.29, 1.82) is 0 Å². The van der Waals surface area contributed by atoms with E-state index < -0.39 is 0 Å². The average Bonchev–Trinajstić information content (AvgIpc) is 2.13. The van der Waals surface area contributed by atoms with E-state index in [1.807, 2.05) is 11.9 Å². The molecule has 0 saturated carbocycles. The van der Waals surface area contributed by atoms with Crippen LogP contribution in [0.25, 0.3) is 0 Å². The molecule has 1 aliphatic rings. The summed E-state index contributed by atoms with van der Waals surface area (Å²) in [6.45, 7) is 3.10. The molecule has 2 heteroatoms. The molecule has 1 rings (SSSR count). The molecule has 0 spiro atoms. The summed E-state index contributed by atoms with van der Waals surface area (Å²) in [5.41, 5.74) is 0. The van der Waals surface area contributed by atoms with Gasteiger partial charge in [-0.3, -0.25) is 4.79 Å². The molecule has 0 aromatic carbocycles. The number of rotatable bonds is 1. The fraction of sp³-hybridized carbons (Fsp3) is 0.857. The molecule has 0 aromatic heterocycles. The molecule has 1 aliphatic heterocycles. The van der Waals surface area contributed by atoms with E-state index in [1.165, 1.54) is 0 Å². The molecular formula is C7H13NO. The first kappa shape index (κ1) is 6.59. The smallest absolute Gasteiger partial charge is 0.222 e. The van der Waals surface area contributed by atoms with Gasteiger partial charge >= 0.3 is 0 Å². The van der Waals surface area contributed by atoms with E-state index >= 15 is 0 Å². The van der Waals surface area contributed by atoms with E-state index in [1.54, 1.807) is 0 Å². The van der Waals surface area contributed by atoms with Crippen LogP contribution in [0.15, 0.2) is 0 Å². The van der Waals surface area contributed by atoms with Gasteiger partial charge in [-0.05, 0) is 5.92 Å². The van der Waals surface area contributed by atoms with Crippen LogP contribution in [-0.2, 0) is 4.79 Å². The fourth-order valence-electron chi connectivity index (χ4n) is 1.23. The van der Waals surface area contributed by atoms with Crippen LogP contribution >= 0.6 is 0 Å². The Hall–Kier alpha value is -0.530. The minimum atomic E-state index is 0.307. The monoisotopic (exact) mass is 127 g/mol. The van der Waals surface area contributed by atoms with E-state index in [0.29, 0.717) is 11.8 Å². The van der Waals surface area contributed by atoms with Gasteiger partial charge in [-0.15, -0.1) is 0 Å². The van der Waals surface area contributed by atoms with E-state index in [-0.39, 0.29) is 0 Å². The molecule has 9 heavy (non-hydrogen) atoms. The van der Waals surface area contributed by atoms with Crippen molar-refractivity contribution in [3.8, 4) is 0 Å². The Morgan fingerprint density at radius 2 is 2.44 bits per heavy atom.